The number of hydrogen-bond acceptors (Lipinski definition) is 7. The summed E-state index contributed by atoms with van der Waals surface area (Å²) >= 11 is 0. The minimum atomic E-state index is -3.61. The molecule has 0 saturated heterocycles. The summed E-state index contributed by atoms with van der Waals surface area (Å²) in [6.45, 7) is 8.12. The zero-order chi connectivity index (χ0) is 27.6. The molecule has 9 nitrogen and oxygen atoms in total. The quantitative estimate of drug-likeness (QED) is 0.263. The lowest BCUT2D eigenvalue weighted by Gasteiger charge is -2.42. The van der Waals surface area contributed by atoms with Gasteiger partial charge in [-0.25, -0.2) is 17.6 Å². The third-order valence-electron chi connectivity index (χ3n) is 6.82. The highest BCUT2D eigenvalue weighted by atomic mass is 79.9. The van der Waals surface area contributed by atoms with E-state index in [4.69, 9.17) is 4.74 Å². The van der Waals surface area contributed by atoms with Crippen molar-refractivity contribution in [3.05, 3.63) is 53.3 Å². The molecule has 4 N–H and O–H groups in total. The predicted octanol–water partition coefficient (Wildman–Crippen LogP) is 4.94. The molecule has 1 amide bonds. The molecule has 0 aromatic heterocycles. The van der Waals surface area contributed by atoms with Crippen LogP contribution in [0, 0.1) is 5.82 Å². The van der Waals surface area contributed by atoms with Crippen LogP contribution in [0.4, 0.5) is 20.6 Å². The number of phenolic OH excluding ortho intramolecular Hbond substituents is 1. The average Bonchev–Trinajstić information content (AvgIpc) is 2.82. The van der Waals surface area contributed by atoms with Gasteiger partial charge in [0.15, 0.2) is 0 Å². The Labute approximate surface area is 234 Å². The molecule has 212 valence electrons. The molecule has 1 unspecified atom stereocenters. The summed E-state index contributed by atoms with van der Waals surface area (Å²) in [5, 5.41) is 23.9. The van der Waals surface area contributed by atoms with Crippen LogP contribution >= 0.6 is 17.0 Å². The van der Waals surface area contributed by atoms with Crippen molar-refractivity contribution in [2.24, 2.45) is 0 Å². The van der Waals surface area contributed by atoms with E-state index in [1.54, 1.807) is 6.07 Å². The van der Waals surface area contributed by atoms with Gasteiger partial charge in [-0.2, -0.15) is 0 Å². The van der Waals surface area contributed by atoms with Gasteiger partial charge in [0, 0.05) is 24.2 Å². The Morgan fingerprint density at radius 3 is 2.42 bits per heavy atom. The third-order valence-corrected chi connectivity index (χ3v) is 7.41. The number of aromatic hydroxyl groups is 1. The van der Waals surface area contributed by atoms with Crippen LogP contribution in [0.3, 0.4) is 0 Å². The smallest absolute Gasteiger partial charge is 0.415 e. The number of carbonyl (C=O) groups excluding carboxylic acids is 1. The Hall–Kier alpha value is -2.41. The number of carbonyl (C=O) groups is 1. The molecule has 0 bridgehead atoms. The normalized spacial score (nSPS) is 15.8. The van der Waals surface area contributed by atoms with Gasteiger partial charge in [-0.15, -0.1) is 17.0 Å². The molecule has 2 aromatic rings. The number of sulfonamides is 1. The number of ether oxygens (including phenoxy) is 1. The van der Waals surface area contributed by atoms with Gasteiger partial charge in [-0.05, 0) is 69.0 Å². The average molecular weight is 619 g/mol. The van der Waals surface area contributed by atoms with E-state index < -0.39 is 33.4 Å². The Balaban J connectivity index is 0.00000507. The first-order valence-electron chi connectivity index (χ1n) is 12.2. The van der Waals surface area contributed by atoms with Gasteiger partial charge in [0.2, 0.25) is 10.0 Å². The number of amides is 1. The van der Waals surface area contributed by atoms with Crippen LogP contribution in [0.1, 0.15) is 64.2 Å². The number of fused-ring (bicyclic) bond motifs is 1. The zero-order valence-electron chi connectivity index (χ0n) is 22.2. The second-order valence-corrected chi connectivity index (χ2v) is 11.8. The standard InChI is InChI=1S/C26H36FN3O6S.BrH/c1-6-26(7-2)19-15-18(27)9-10-21(19)30(24(33)36-26)13-12-25(3,4)28-16-23(32)17-8-11-22(31)20(14-17)29-37(5,34)35;/h8-11,14-15,23,28-29,31-32H,6-7,12-13,16H2,1-5H3;1H. The number of hydrogen-bond donors (Lipinski definition) is 4. The Bertz CT molecular complexity index is 1250. The maximum absolute atomic E-state index is 14.1. The summed E-state index contributed by atoms with van der Waals surface area (Å²) in [6, 6.07) is 8.59. The maximum Gasteiger partial charge on any atom is 0.415 e. The Morgan fingerprint density at radius 1 is 1.16 bits per heavy atom. The molecule has 0 saturated carbocycles. The highest BCUT2D eigenvalue weighted by Gasteiger charge is 2.43. The van der Waals surface area contributed by atoms with Crippen molar-refractivity contribution in [1.29, 1.82) is 0 Å². The number of benzene rings is 2. The molecule has 1 aliphatic rings. The molecule has 12 heteroatoms. The topological polar surface area (TPSA) is 128 Å². The first-order valence-corrected chi connectivity index (χ1v) is 14.1. The number of nitrogens with one attached hydrogen (secondary N) is 2. The molecule has 3 rings (SSSR count). The lowest BCUT2D eigenvalue weighted by atomic mass is 9.85. The number of phenols is 1. The van der Waals surface area contributed by atoms with E-state index >= 15 is 0 Å². The van der Waals surface area contributed by atoms with Gasteiger partial charge in [0.1, 0.15) is 17.2 Å². The summed E-state index contributed by atoms with van der Waals surface area (Å²) in [5.41, 5.74) is 0.301. The second-order valence-electron chi connectivity index (χ2n) is 10.1. The molecule has 2 aromatic carbocycles. The van der Waals surface area contributed by atoms with Gasteiger partial charge < -0.3 is 20.3 Å². The van der Waals surface area contributed by atoms with E-state index in [0.717, 1.165) is 6.26 Å². The zero-order valence-corrected chi connectivity index (χ0v) is 24.8. The van der Waals surface area contributed by atoms with Crippen LogP contribution in [0.5, 0.6) is 5.75 Å². The van der Waals surface area contributed by atoms with Crippen molar-refractivity contribution >= 4 is 44.5 Å². The van der Waals surface area contributed by atoms with Gasteiger partial charge in [-0.3, -0.25) is 9.62 Å². The molecule has 1 aliphatic heterocycles. The van der Waals surface area contributed by atoms with Crippen molar-refractivity contribution in [2.75, 3.05) is 29.0 Å². The lowest BCUT2D eigenvalue weighted by molar-refractivity contribution is -0.00159. The molecular formula is C26H37BrFN3O6S. The van der Waals surface area contributed by atoms with Gasteiger partial charge >= 0.3 is 6.09 Å². The van der Waals surface area contributed by atoms with Crippen molar-refractivity contribution in [1.82, 2.24) is 5.32 Å². The van der Waals surface area contributed by atoms with Crippen LogP contribution in [-0.2, 0) is 20.4 Å². The molecule has 1 atom stereocenters. The number of cyclic esters (lactones) is 1. The van der Waals surface area contributed by atoms with Crippen LogP contribution in [0.25, 0.3) is 0 Å². The first kappa shape index (κ1) is 31.8. The summed E-state index contributed by atoms with van der Waals surface area (Å²) in [7, 11) is -3.61. The SMILES string of the molecule is Br.CCC1(CC)OC(=O)N(CCC(C)(C)NCC(O)c2ccc(O)c(NS(C)(=O)=O)c2)c2ccc(F)cc21. The van der Waals surface area contributed by atoms with Crippen molar-refractivity contribution < 1.29 is 32.6 Å². The van der Waals surface area contributed by atoms with Crippen LogP contribution in [0.2, 0.25) is 0 Å². The number of aliphatic hydroxyl groups excluding tert-OH is 1. The monoisotopic (exact) mass is 617 g/mol. The summed E-state index contributed by atoms with van der Waals surface area (Å²) in [6.07, 6.45) is 1.06. The van der Waals surface area contributed by atoms with Crippen LogP contribution in [-0.4, -0.2) is 49.6 Å². The molecule has 0 aliphatic carbocycles. The van der Waals surface area contributed by atoms with E-state index in [2.05, 4.69) is 10.0 Å². The van der Waals surface area contributed by atoms with Crippen molar-refractivity contribution in [3.8, 4) is 5.75 Å². The van der Waals surface area contributed by atoms with Gasteiger partial charge in [0.05, 0.1) is 23.7 Å². The highest BCUT2D eigenvalue weighted by molar-refractivity contribution is 8.93. The highest BCUT2D eigenvalue weighted by Crippen LogP contribution is 2.44. The molecule has 0 fully saturated rings. The van der Waals surface area contributed by atoms with Gasteiger partial charge in [0.25, 0.3) is 0 Å². The minimum Gasteiger partial charge on any atom is -0.506 e. The number of rotatable bonds is 11. The third kappa shape index (κ3) is 7.37. The fourth-order valence-corrected chi connectivity index (χ4v) is 5.05. The van der Waals surface area contributed by atoms with E-state index in [0.29, 0.717) is 42.6 Å². The van der Waals surface area contributed by atoms with E-state index in [-0.39, 0.29) is 40.8 Å². The Kier molecular flexibility index (Phi) is 10.2. The van der Waals surface area contributed by atoms with Crippen molar-refractivity contribution in [2.45, 2.75) is 64.2 Å². The first-order chi connectivity index (χ1) is 17.2. The van der Waals surface area contributed by atoms with Crippen LogP contribution < -0.4 is 14.9 Å². The summed E-state index contributed by atoms with van der Waals surface area (Å²) < 4.78 is 45.2. The Morgan fingerprint density at radius 2 is 1.82 bits per heavy atom. The number of aliphatic hydroxyl groups is 1. The number of nitrogens with zero attached hydrogens (tertiary/aromatic N) is 1. The molecule has 38 heavy (non-hydrogen) atoms. The predicted molar refractivity (Wildman–Crippen MR) is 151 cm³/mol. The molecule has 0 radical (unpaired) electrons. The van der Waals surface area contributed by atoms with E-state index in [1.165, 1.54) is 35.2 Å². The number of anilines is 2. The number of halogens is 2. The van der Waals surface area contributed by atoms with E-state index in [1.807, 2.05) is 27.7 Å². The lowest BCUT2D eigenvalue weighted by Crippen LogP contribution is -2.49. The fraction of sp³-hybridized carbons (Fsp3) is 0.500. The largest absolute Gasteiger partial charge is 0.506 e. The van der Waals surface area contributed by atoms with Crippen molar-refractivity contribution in [3.63, 3.8) is 0 Å². The van der Waals surface area contributed by atoms with Crippen LogP contribution in [0.15, 0.2) is 36.4 Å². The summed E-state index contributed by atoms with van der Waals surface area (Å²) in [4.78, 5) is 14.5. The summed E-state index contributed by atoms with van der Waals surface area (Å²) in [5.74, 6) is -0.638. The van der Waals surface area contributed by atoms with Gasteiger partial charge in [-0.1, -0.05) is 19.9 Å². The number of β-amino-alcohol motifs (C(OH)–C–C–N with tert-alkyl or cyclic N) is 1. The fourth-order valence-electron chi connectivity index (χ4n) is 4.48. The second kappa shape index (κ2) is 12.2. The molecule has 1 heterocycles. The maximum atomic E-state index is 14.1. The minimum absolute atomic E-state index is 0. The van der Waals surface area contributed by atoms with E-state index in [9.17, 15) is 27.8 Å². The molecule has 0 spiro atoms. The molecular weight excluding hydrogens is 581 g/mol.